The number of halogens is 3. The van der Waals surface area contributed by atoms with Crippen molar-refractivity contribution < 1.29 is 13.2 Å². The van der Waals surface area contributed by atoms with Crippen LogP contribution in [-0.4, -0.2) is 9.13 Å². The van der Waals surface area contributed by atoms with E-state index >= 15 is 13.2 Å². The molecule has 0 saturated heterocycles. The summed E-state index contributed by atoms with van der Waals surface area (Å²) < 4.78 is 49.5. The van der Waals surface area contributed by atoms with Gasteiger partial charge in [-0.15, -0.1) is 0 Å². The van der Waals surface area contributed by atoms with Crippen molar-refractivity contribution in [3.63, 3.8) is 0 Å². The maximum absolute atomic E-state index is 15.2. The fourth-order valence-corrected chi connectivity index (χ4v) is 8.71. The van der Waals surface area contributed by atoms with Gasteiger partial charge in [0.15, 0.2) is 0 Å². The van der Waals surface area contributed by atoms with E-state index in [4.69, 9.17) is 0 Å². The molecule has 0 aliphatic rings. The van der Waals surface area contributed by atoms with Gasteiger partial charge >= 0.3 is 6.18 Å². The Morgan fingerprint density at radius 3 is 1.34 bits per heavy atom. The van der Waals surface area contributed by atoms with E-state index in [9.17, 15) is 21.0 Å². The zero-order valence-corrected chi connectivity index (χ0v) is 32.4. The first-order valence-electron chi connectivity index (χ1n) is 19.5. The van der Waals surface area contributed by atoms with Gasteiger partial charge in [0, 0.05) is 32.7 Å². The van der Waals surface area contributed by atoms with Crippen molar-refractivity contribution in [3.05, 3.63) is 192 Å². The lowest BCUT2D eigenvalue weighted by Crippen LogP contribution is -2.11. The molecule has 0 radical (unpaired) electrons. The van der Waals surface area contributed by atoms with Crippen LogP contribution in [0, 0.1) is 45.3 Å². The van der Waals surface area contributed by atoms with Crippen LogP contribution in [0.5, 0.6) is 0 Å². The van der Waals surface area contributed by atoms with Crippen LogP contribution >= 0.6 is 0 Å². The molecule has 0 aliphatic heterocycles. The summed E-state index contributed by atoms with van der Waals surface area (Å²) in [5.74, 6) is 0. The van der Waals surface area contributed by atoms with Crippen molar-refractivity contribution >= 4 is 43.6 Å². The number of nitrogens with zero attached hydrogens (tertiary/aromatic N) is 6. The molecular weight excluding hydrogens is 778 g/mol. The van der Waals surface area contributed by atoms with Gasteiger partial charge < -0.3 is 9.13 Å². The maximum Gasteiger partial charge on any atom is 0.417 e. The zero-order valence-electron chi connectivity index (χ0n) is 32.4. The number of hydrogen-bond donors (Lipinski definition) is 0. The molecule has 0 amide bonds. The Morgan fingerprint density at radius 1 is 0.387 bits per heavy atom. The van der Waals surface area contributed by atoms with Crippen LogP contribution in [0.25, 0.3) is 88.4 Å². The highest BCUT2D eigenvalue weighted by Gasteiger charge is 2.36. The SMILES string of the molecule is N#Cc1ccc(-c2ccc3c(c2)c2ccccc2n3-c2cc(-c3c(C#N)cccc3C(F)(F)F)c(-n3c4ccccc4c4cc(-c5ccc(C#N)cc5)ccc43)cc2C#N)cc1. The van der Waals surface area contributed by atoms with Crippen LogP contribution in [0.4, 0.5) is 13.2 Å². The third kappa shape index (κ3) is 5.93. The largest absolute Gasteiger partial charge is 0.417 e. The van der Waals surface area contributed by atoms with E-state index in [0.717, 1.165) is 60.9 Å². The summed E-state index contributed by atoms with van der Waals surface area (Å²) in [5.41, 5.74) is 6.92. The van der Waals surface area contributed by atoms with Crippen molar-refractivity contribution in [3.8, 4) is 69.0 Å². The minimum Gasteiger partial charge on any atom is -0.309 e. The molecule has 290 valence electrons. The molecule has 0 saturated carbocycles. The van der Waals surface area contributed by atoms with Gasteiger partial charge in [-0.3, -0.25) is 0 Å². The molecule has 0 bridgehead atoms. The number of fused-ring (bicyclic) bond motifs is 6. The first-order valence-corrected chi connectivity index (χ1v) is 19.5. The molecule has 8 aromatic carbocycles. The van der Waals surface area contributed by atoms with Crippen LogP contribution in [0.3, 0.4) is 0 Å². The third-order valence-corrected chi connectivity index (χ3v) is 11.5. The standard InChI is InChI=1S/C53H27F3N6/c54-53(55,56)45-9-5-6-38(30-59)52(45)44-27-50(61-46-10-3-1-7-40(46)42-24-36(20-22-48(42)61)34-16-12-32(28-57)13-17-34)39(31-60)26-51(44)62-47-11-4-2-8-41(47)43-25-37(21-23-49(43)62)35-18-14-33(29-58)15-19-35/h1-27H. The molecule has 6 nitrogen and oxygen atoms in total. The summed E-state index contributed by atoms with van der Waals surface area (Å²) in [6.45, 7) is 0. The quantitative estimate of drug-likeness (QED) is 0.173. The molecule has 10 aromatic rings. The van der Waals surface area contributed by atoms with Gasteiger partial charge in [0.25, 0.3) is 0 Å². The zero-order chi connectivity index (χ0) is 42.7. The van der Waals surface area contributed by atoms with Gasteiger partial charge in [0.05, 0.1) is 79.5 Å². The Hall–Kier alpha value is -8.89. The molecule has 2 aromatic heterocycles. The van der Waals surface area contributed by atoms with Crippen LogP contribution in [0.15, 0.2) is 164 Å². The van der Waals surface area contributed by atoms with Crippen LogP contribution in [0.1, 0.15) is 27.8 Å². The Balaban J connectivity index is 1.30. The number of benzene rings is 8. The average Bonchev–Trinajstić information content (AvgIpc) is 3.82. The summed E-state index contributed by atoms with van der Waals surface area (Å²) in [7, 11) is 0. The Kier molecular flexibility index (Phi) is 8.70. The van der Waals surface area contributed by atoms with Gasteiger partial charge in [-0.1, -0.05) is 78.9 Å². The predicted molar refractivity (Wildman–Crippen MR) is 235 cm³/mol. The fraction of sp³-hybridized carbons (Fsp3) is 0.0189. The molecule has 0 spiro atoms. The van der Waals surface area contributed by atoms with Gasteiger partial charge in [-0.05, 0) is 107 Å². The number of nitriles is 4. The maximum atomic E-state index is 15.2. The number of rotatable bonds is 5. The van der Waals surface area contributed by atoms with Crippen molar-refractivity contribution in [2.24, 2.45) is 0 Å². The van der Waals surface area contributed by atoms with E-state index in [1.54, 1.807) is 36.4 Å². The van der Waals surface area contributed by atoms with Gasteiger partial charge in [0.1, 0.15) is 6.07 Å². The smallest absolute Gasteiger partial charge is 0.309 e. The van der Waals surface area contributed by atoms with Crippen molar-refractivity contribution in [1.82, 2.24) is 9.13 Å². The molecular formula is C53H27F3N6. The summed E-state index contributed by atoms with van der Waals surface area (Å²) in [4.78, 5) is 0. The average molecular weight is 805 g/mol. The second-order valence-corrected chi connectivity index (χ2v) is 14.9. The van der Waals surface area contributed by atoms with Crippen LogP contribution < -0.4 is 0 Å². The lowest BCUT2D eigenvalue weighted by Gasteiger charge is -2.22. The third-order valence-electron chi connectivity index (χ3n) is 11.5. The predicted octanol–water partition coefficient (Wildman–Crippen LogP) is 13.4. The van der Waals surface area contributed by atoms with Gasteiger partial charge in [-0.2, -0.15) is 34.2 Å². The molecule has 62 heavy (non-hydrogen) atoms. The van der Waals surface area contributed by atoms with Crippen LogP contribution in [-0.2, 0) is 6.18 Å². The highest BCUT2D eigenvalue weighted by atomic mass is 19.4. The lowest BCUT2D eigenvalue weighted by atomic mass is 9.91. The summed E-state index contributed by atoms with van der Waals surface area (Å²) in [5, 5.41) is 43.6. The second-order valence-electron chi connectivity index (χ2n) is 14.9. The molecule has 0 atom stereocenters. The first-order chi connectivity index (χ1) is 30.2. The van der Waals surface area contributed by atoms with Crippen molar-refractivity contribution in [1.29, 1.82) is 21.0 Å². The fourth-order valence-electron chi connectivity index (χ4n) is 8.71. The number of hydrogen-bond acceptors (Lipinski definition) is 4. The van der Waals surface area contributed by atoms with Gasteiger partial charge in [0.2, 0.25) is 0 Å². The number of aromatic nitrogens is 2. The normalized spacial score (nSPS) is 11.4. The molecule has 2 heterocycles. The first kappa shape index (κ1) is 37.4. The lowest BCUT2D eigenvalue weighted by molar-refractivity contribution is -0.137. The topological polar surface area (TPSA) is 105 Å². The van der Waals surface area contributed by atoms with E-state index in [0.29, 0.717) is 33.5 Å². The molecule has 0 N–H and O–H groups in total. The molecule has 9 heteroatoms. The highest BCUT2D eigenvalue weighted by Crippen LogP contribution is 2.46. The summed E-state index contributed by atoms with van der Waals surface area (Å²) in [6.07, 6.45) is -4.83. The molecule has 0 unspecified atom stereocenters. The van der Waals surface area contributed by atoms with E-state index < -0.39 is 11.7 Å². The second kappa shape index (κ2) is 14.4. The summed E-state index contributed by atoms with van der Waals surface area (Å²) >= 11 is 0. The molecule has 0 aliphatic carbocycles. The number of para-hydroxylation sites is 2. The monoisotopic (exact) mass is 804 g/mol. The molecule has 0 fully saturated rings. The van der Waals surface area contributed by atoms with Crippen LogP contribution in [0.2, 0.25) is 0 Å². The Morgan fingerprint density at radius 2 is 0.855 bits per heavy atom. The Labute approximate surface area is 352 Å². The van der Waals surface area contributed by atoms with Crippen molar-refractivity contribution in [2.45, 2.75) is 6.18 Å². The van der Waals surface area contributed by atoms with E-state index in [2.05, 4.69) is 18.2 Å². The minimum absolute atomic E-state index is 0.113. The Bertz CT molecular complexity index is 3660. The van der Waals surface area contributed by atoms with E-state index in [-0.39, 0.29) is 22.3 Å². The minimum atomic E-state index is -4.83. The summed E-state index contributed by atoms with van der Waals surface area (Å²) in [6, 6.07) is 57.1. The highest BCUT2D eigenvalue weighted by molar-refractivity contribution is 6.12. The van der Waals surface area contributed by atoms with Gasteiger partial charge in [-0.25, -0.2) is 0 Å². The van der Waals surface area contributed by atoms with E-state index in [1.807, 2.05) is 124 Å². The number of alkyl halides is 3. The van der Waals surface area contributed by atoms with Crippen molar-refractivity contribution in [2.75, 3.05) is 0 Å². The molecule has 10 rings (SSSR count). The van der Waals surface area contributed by atoms with E-state index in [1.165, 1.54) is 12.1 Å².